The third-order valence-corrected chi connectivity index (χ3v) is 12.0. The van der Waals surface area contributed by atoms with Crippen molar-refractivity contribution in [1.82, 2.24) is 36.0 Å². The van der Waals surface area contributed by atoms with Crippen LogP contribution in [0.2, 0.25) is 0 Å². The van der Waals surface area contributed by atoms with Gasteiger partial charge in [0.1, 0.15) is 30.2 Å². The number of aliphatic hydroxyl groups excluding tert-OH is 1. The van der Waals surface area contributed by atoms with Gasteiger partial charge in [0.15, 0.2) is 0 Å². The van der Waals surface area contributed by atoms with Gasteiger partial charge in [-0.2, -0.15) is 0 Å². The molecule has 0 aromatic heterocycles. The Morgan fingerprint density at radius 3 is 1.88 bits per heavy atom. The smallest absolute Gasteiger partial charge is 0.305 e. The van der Waals surface area contributed by atoms with Crippen molar-refractivity contribution >= 4 is 47.3 Å². The molecule has 6 N–H and O–H groups in total. The van der Waals surface area contributed by atoms with Crippen LogP contribution >= 0.6 is 0 Å². The number of carbonyl (C=O) groups is 8. The number of carboxylic acids is 1. The number of rotatable bonds is 19. The molecule has 4 aliphatic rings. The van der Waals surface area contributed by atoms with Crippen molar-refractivity contribution < 1.29 is 48.6 Å². The van der Waals surface area contributed by atoms with Gasteiger partial charge in [-0.15, -0.1) is 0 Å². The number of aliphatic hydroxyl groups is 1. The highest BCUT2D eigenvalue weighted by atomic mass is 16.4. The van der Waals surface area contributed by atoms with Crippen molar-refractivity contribution in [1.29, 1.82) is 0 Å². The van der Waals surface area contributed by atoms with Crippen LogP contribution in [-0.2, 0) is 38.4 Å². The Labute approximate surface area is 335 Å². The van der Waals surface area contributed by atoms with Gasteiger partial charge in [-0.3, -0.25) is 38.4 Å². The number of piperidine rings is 1. The summed E-state index contributed by atoms with van der Waals surface area (Å²) in [7, 11) is 0. The van der Waals surface area contributed by atoms with E-state index in [1.54, 1.807) is 4.90 Å². The molecule has 320 valence electrons. The standard InChI is InChI=1S/C40H65N7O10/c1-4-18-41-38(55)35(26(3)48)44-37(54)31-15-10-22-47(31)40(57)29(24-34(51)52)43-36(53)30-14-8-9-21-46(30)39(56)28(16-17-33(50)45-19-11-20-45)42-32(49)23-25(2)27-12-6-5-7-13-27/h25-31,35,48H,4-24H2,1-3H3,(H,41,55)(H,42,49)(H,43,53)(H,44,54)(H,51,52)/t25-,26?,28-,29-,30-,31-,35-/m0/s1. The van der Waals surface area contributed by atoms with E-state index in [4.69, 9.17) is 0 Å². The highest BCUT2D eigenvalue weighted by Gasteiger charge is 2.42. The fourth-order valence-corrected chi connectivity index (χ4v) is 8.49. The Kier molecular flexibility index (Phi) is 17.6. The molecule has 0 bridgehead atoms. The van der Waals surface area contributed by atoms with E-state index in [0.717, 1.165) is 32.1 Å². The van der Waals surface area contributed by atoms with Crippen molar-refractivity contribution in [3.05, 3.63) is 0 Å². The average Bonchev–Trinajstić information content (AvgIpc) is 3.66. The van der Waals surface area contributed by atoms with Gasteiger partial charge < -0.3 is 46.2 Å². The maximum atomic E-state index is 14.3. The molecule has 0 radical (unpaired) electrons. The first-order valence-electron chi connectivity index (χ1n) is 21.2. The molecule has 17 heteroatoms. The topological polar surface area (TPSA) is 235 Å². The molecule has 57 heavy (non-hydrogen) atoms. The van der Waals surface area contributed by atoms with Crippen LogP contribution < -0.4 is 21.3 Å². The molecule has 4 fully saturated rings. The van der Waals surface area contributed by atoms with Crippen molar-refractivity contribution in [2.24, 2.45) is 11.8 Å². The van der Waals surface area contributed by atoms with Gasteiger partial charge >= 0.3 is 5.97 Å². The maximum Gasteiger partial charge on any atom is 0.305 e. The first kappa shape index (κ1) is 45.4. The molecule has 1 unspecified atom stereocenters. The van der Waals surface area contributed by atoms with Crippen LogP contribution in [0.25, 0.3) is 0 Å². The summed E-state index contributed by atoms with van der Waals surface area (Å²) in [6.07, 6.45) is 7.41. The lowest BCUT2D eigenvalue weighted by Crippen LogP contribution is -2.61. The number of nitrogens with zero attached hydrogens (tertiary/aromatic N) is 3. The third kappa shape index (κ3) is 12.9. The summed E-state index contributed by atoms with van der Waals surface area (Å²) < 4.78 is 0. The van der Waals surface area contributed by atoms with Crippen molar-refractivity contribution in [3.63, 3.8) is 0 Å². The normalized spacial score (nSPS) is 22.6. The number of aliphatic carboxylic acids is 1. The largest absolute Gasteiger partial charge is 0.481 e. The van der Waals surface area contributed by atoms with Gasteiger partial charge in [0.2, 0.25) is 41.4 Å². The van der Waals surface area contributed by atoms with Crippen molar-refractivity contribution in [3.8, 4) is 0 Å². The zero-order valence-electron chi connectivity index (χ0n) is 34.0. The number of carbonyl (C=O) groups excluding carboxylic acids is 7. The minimum absolute atomic E-state index is 0.0424. The van der Waals surface area contributed by atoms with Crippen LogP contribution in [0.5, 0.6) is 0 Å². The number of amides is 7. The van der Waals surface area contributed by atoms with Crippen LogP contribution in [0.3, 0.4) is 0 Å². The van der Waals surface area contributed by atoms with Crippen molar-refractivity contribution in [2.75, 3.05) is 32.7 Å². The highest BCUT2D eigenvalue weighted by molar-refractivity contribution is 5.98. The molecule has 7 amide bonds. The minimum atomic E-state index is -1.58. The second-order valence-electron chi connectivity index (χ2n) is 16.4. The second kappa shape index (κ2) is 22.0. The summed E-state index contributed by atoms with van der Waals surface area (Å²) in [6.45, 7) is 7.16. The van der Waals surface area contributed by atoms with Crippen LogP contribution in [0, 0.1) is 11.8 Å². The molecule has 1 aliphatic carbocycles. The fraction of sp³-hybridized carbons (Fsp3) is 0.800. The van der Waals surface area contributed by atoms with Gasteiger partial charge in [0, 0.05) is 45.6 Å². The van der Waals surface area contributed by atoms with Gasteiger partial charge in [0.05, 0.1) is 12.5 Å². The first-order chi connectivity index (χ1) is 27.2. The second-order valence-corrected chi connectivity index (χ2v) is 16.4. The fourth-order valence-electron chi connectivity index (χ4n) is 8.49. The molecule has 4 rings (SSSR count). The molecule has 3 heterocycles. The molecule has 7 atom stereocenters. The average molecular weight is 804 g/mol. The van der Waals surface area contributed by atoms with Crippen LogP contribution in [0.4, 0.5) is 0 Å². The van der Waals surface area contributed by atoms with Crippen LogP contribution in [0.15, 0.2) is 0 Å². The van der Waals surface area contributed by atoms with Gasteiger partial charge in [0.25, 0.3) is 0 Å². The quantitative estimate of drug-likeness (QED) is 0.108. The zero-order valence-corrected chi connectivity index (χ0v) is 34.0. The monoisotopic (exact) mass is 803 g/mol. The number of likely N-dealkylation sites (tertiary alicyclic amines) is 3. The van der Waals surface area contributed by atoms with Crippen LogP contribution in [0.1, 0.15) is 124 Å². The van der Waals surface area contributed by atoms with Gasteiger partial charge in [-0.05, 0) is 70.1 Å². The Hall–Kier alpha value is -4.28. The van der Waals surface area contributed by atoms with E-state index < -0.39 is 78.2 Å². The molecule has 17 nitrogen and oxygen atoms in total. The molecule has 0 aromatic rings. The van der Waals surface area contributed by atoms with Gasteiger partial charge in [-0.25, -0.2) is 0 Å². The molecular weight excluding hydrogens is 738 g/mol. The molecule has 3 saturated heterocycles. The molecule has 0 spiro atoms. The summed E-state index contributed by atoms with van der Waals surface area (Å²) in [5.41, 5.74) is 0. The Balaban J connectivity index is 1.47. The number of hydrogen-bond donors (Lipinski definition) is 6. The van der Waals surface area contributed by atoms with E-state index in [-0.39, 0.29) is 62.9 Å². The molecular formula is C40H65N7O10. The van der Waals surface area contributed by atoms with Gasteiger partial charge in [-0.1, -0.05) is 46.0 Å². The minimum Gasteiger partial charge on any atom is -0.481 e. The summed E-state index contributed by atoms with van der Waals surface area (Å²) in [6, 6.07) is -6.08. The van der Waals surface area contributed by atoms with E-state index >= 15 is 0 Å². The number of nitrogens with one attached hydrogen (secondary N) is 4. The summed E-state index contributed by atoms with van der Waals surface area (Å²) in [5.74, 6) is -4.57. The summed E-state index contributed by atoms with van der Waals surface area (Å²) in [4.78, 5) is 111. The lowest BCUT2D eigenvalue weighted by molar-refractivity contribution is -0.149. The van der Waals surface area contributed by atoms with E-state index in [9.17, 15) is 48.6 Å². The predicted octanol–water partition coefficient (Wildman–Crippen LogP) is 0.814. The predicted molar refractivity (Wildman–Crippen MR) is 208 cm³/mol. The van der Waals surface area contributed by atoms with Crippen molar-refractivity contribution in [2.45, 2.75) is 160 Å². The van der Waals surface area contributed by atoms with E-state index in [1.807, 2.05) is 6.92 Å². The number of hydrogen-bond acceptors (Lipinski definition) is 9. The number of carboxylic acid groups (broad SMARTS) is 1. The Morgan fingerprint density at radius 1 is 0.684 bits per heavy atom. The molecule has 0 aromatic carbocycles. The lowest BCUT2D eigenvalue weighted by Gasteiger charge is -2.38. The van der Waals surface area contributed by atoms with E-state index in [0.29, 0.717) is 51.2 Å². The van der Waals surface area contributed by atoms with E-state index in [1.165, 1.54) is 23.1 Å². The highest BCUT2D eigenvalue weighted by Crippen LogP contribution is 2.31. The summed E-state index contributed by atoms with van der Waals surface area (Å²) in [5, 5.41) is 30.6. The zero-order chi connectivity index (χ0) is 41.6. The molecule has 3 aliphatic heterocycles. The lowest BCUT2D eigenvalue weighted by atomic mass is 9.79. The van der Waals surface area contributed by atoms with E-state index in [2.05, 4.69) is 28.2 Å². The SMILES string of the molecule is CCCNC(=O)[C@@H](NC(=O)[C@@H]1CCCN1C(=O)[C@H](CC(=O)O)NC(=O)[C@@H]1CCCCN1C(=O)[C@H](CCC(=O)N1CCC1)NC(=O)C[C@H](C)C1CCCCC1)C(C)O. The van der Waals surface area contributed by atoms with Crippen LogP contribution in [-0.4, -0.2) is 141 Å². The molecule has 1 saturated carbocycles. The Morgan fingerprint density at radius 2 is 1.28 bits per heavy atom. The maximum absolute atomic E-state index is 14.3. The summed E-state index contributed by atoms with van der Waals surface area (Å²) >= 11 is 0. The Bertz CT molecular complexity index is 1450. The third-order valence-electron chi connectivity index (χ3n) is 12.0. The first-order valence-corrected chi connectivity index (χ1v) is 21.2.